The lowest BCUT2D eigenvalue weighted by Crippen LogP contribution is -2.19. The molecule has 2 N–H and O–H groups in total. The summed E-state index contributed by atoms with van der Waals surface area (Å²) in [5, 5.41) is 13.9. The van der Waals surface area contributed by atoms with Crippen LogP contribution in [0, 0.1) is 0 Å². The van der Waals surface area contributed by atoms with Crippen molar-refractivity contribution in [1.29, 1.82) is 0 Å². The van der Waals surface area contributed by atoms with Crippen LogP contribution in [0.15, 0.2) is 36.5 Å². The molecule has 4 aromatic rings. The van der Waals surface area contributed by atoms with Crippen molar-refractivity contribution in [2.75, 3.05) is 40.8 Å². The first-order valence-corrected chi connectivity index (χ1v) is 10.4. The highest BCUT2D eigenvalue weighted by Gasteiger charge is 2.27. The molecule has 164 valence electrons. The zero-order valence-corrected chi connectivity index (χ0v) is 17.7. The van der Waals surface area contributed by atoms with E-state index in [0.29, 0.717) is 40.7 Å². The van der Waals surface area contributed by atoms with Crippen molar-refractivity contribution in [3.63, 3.8) is 0 Å². The van der Waals surface area contributed by atoms with Crippen molar-refractivity contribution in [3.05, 3.63) is 36.5 Å². The van der Waals surface area contributed by atoms with E-state index in [-0.39, 0.29) is 19.5 Å². The first-order valence-electron chi connectivity index (χ1n) is 10.4. The molecule has 1 aromatic heterocycles. The van der Waals surface area contributed by atoms with E-state index in [1.165, 1.54) is 0 Å². The summed E-state index contributed by atoms with van der Waals surface area (Å²) in [4.78, 5) is 5.01. The molecule has 0 spiro atoms. The average molecular weight is 434 g/mol. The summed E-state index contributed by atoms with van der Waals surface area (Å²) in [6, 6.07) is 9.65. The second-order valence-electron chi connectivity index (χ2n) is 8.07. The van der Waals surface area contributed by atoms with Gasteiger partial charge < -0.3 is 38.7 Å². The Morgan fingerprint density at radius 1 is 0.938 bits per heavy atom. The molecule has 6 rings (SSSR count). The Hall–Kier alpha value is -3.78. The minimum atomic E-state index is 0.0569. The highest BCUT2D eigenvalue weighted by atomic mass is 16.7. The first kappa shape index (κ1) is 18.9. The van der Waals surface area contributed by atoms with Gasteiger partial charge in [0.2, 0.25) is 13.6 Å². The SMILES string of the molecule is CN(C)CCOc1c2ccc3c(c2c(-c2ccc4c(c2)OCO4)c2c[nH]c(O)c12)OCO3. The van der Waals surface area contributed by atoms with E-state index in [1.807, 2.05) is 49.3 Å². The smallest absolute Gasteiger partial charge is 0.231 e. The number of aromatic amines is 1. The number of benzene rings is 3. The maximum Gasteiger partial charge on any atom is 0.231 e. The van der Waals surface area contributed by atoms with Crippen LogP contribution in [0.25, 0.3) is 32.7 Å². The van der Waals surface area contributed by atoms with Crippen LogP contribution in [0.5, 0.6) is 34.6 Å². The molecule has 0 bridgehead atoms. The van der Waals surface area contributed by atoms with Gasteiger partial charge in [0, 0.05) is 34.5 Å². The molecule has 8 nitrogen and oxygen atoms in total. The molecule has 0 saturated carbocycles. The topological polar surface area (TPSA) is 85.4 Å². The Balaban J connectivity index is 1.67. The van der Waals surface area contributed by atoms with Crippen LogP contribution in [-0.2, 0) is 0 Å². The van der Waals surface area contributed by atoms with Crippen molar-refractivity contribution in [1.82, 2.24) is 9.88 Å². The lowest BCUT2D eigenvalue weighted by molar-refractivity contribution is 0.174. The number of aromatic nitrogens is 1. The van der Waals surface area contributed by atoms with Crippen LogP contribution in [0.2, 0.25) is 0 Å². The number of ether oxygens (including phenoxy) is 5. The highest BCUT2D eigenvalue weighted by molar-refractivity contribution is 6.20. The number of fused-ring (bicyclic) bond motifs is 5. The summed E-state index contributed by atoms with van der Waals surface area (Å²) < 4.78 is 28.9. The third-order valence-corrected chi connectivity index (χ3v) is 5.84. The molecule has 0 amide bonds. The largest absolute Gasteiger partial charge is 0.494 e. The minimum Gasteiger partial charge on any atom is -0.494 e. The lowest BCUT2D eigenvalue weighted by Gasteiger charge is -2.18. The van der Waals surface area contributed by atoms with E-state index < -0.39 is 0 Å². The summed E-state index contributed by atoms with van der Waals surface area (Å²) in [5.41, 5.74) is 1.80. The van der Waals surface area contributed by atoms with Gasteiger partial charge in [-0.3, -0.25) is 0 Å². The minimum absolute atomic E-state index is 0.0569. The predicted molar refractivity (Wildman–Crippen MR) is 119 cm³/mol. The van der Waals surface area contributed by atoms with Crippen LogP contribution in [-0.4, -0.2) is 55.8 Å². The number of nitrogens with one attached hydrogen (secondary N) is 1. The van der Waals surface area contributed by atoms with Gasteiger partial charge in [-0.1, -0.05) is 6.07 Å². The maximum atomic E-state index is 10.7. The van der Waals surface area contributed by atoms with E-state index in [1.54, 1.807) is 6.20 Å². The molecule has 2 aliphatic heterocycles. The van der Waals surface area contributed by atoms with E-state index in [0.717, 1.165) is 33.8 Å². The van der Waals surface area contributed by atoms with Gasteiger partial charge in [0.1, 0.15) is 12.4 Å². The summed E-state index contributed by atoms with van der Waals surface area (Å²) in [6.07, 6.45) is 1.79. The Bertz CT molecular complexity index is 1360. The van der Waals surface area contributed by atoms with E-state index >= 15 is 0 Å². The van der Waals surface area contributed by atoms with Gasteiger partial charge in [-0.25, -0.2) is 0 Å². The Kier molecular flexibility index (Phi) is 4.22. The number of rotatable bonds is 5. The van der Waals surface area contributed by atoms with Crippen molar-refractivity contribution < 1.29 is 28.8 Å². The molecule has 3 heterocycles. The molecular formula is C24H22N2O6. The number of hydrogen-bond donors (Lipinski definition) is 2. The number of likely N-dealkylation sites (N-methyl/N-ethyl adjacent to an activating group) is 1. The van der Waals surface area contributed by atoms with Gasteiger partial charge in [-0.05, 0) is 43.9 Å². The van der Waals surface area contributed by atoms with Crippen LogP contribution < -0.4 is 23.7 Å². The second kappa shape index (κ2) is 7.13. The number of hydrogen-bond acceptors (Lipinski definition) is 7. The van der Waals surface area contributed by atoms with Crippen LogP contribution >= 0.6 is 0 Å². The monoisotopic (exact) mass is 434 g/mol. The third kappa shape index (κ3) is 2.80. The summed E-state index contributed by atoms with van der Waals surface area (Å²) in [5.74, 6) is 3.40. The van der Waals surface area contributed by atoms with E-state index in [4.69, 9.17) is 23.7 Å². The van der Waals surface area contributed by atoms with Gasteiger partial charge in [0.15, 0.2) is 28.9 Å². The molecule has 0 saturated heterocycles. The second-order valence-corrected chi connectivity index (χ2v) is 8.07. The van der Waals surface area contributed by atoms with Crippen LogP contribution in [0.4, 0.5) is 0 Å². The molecular weight excluding hydrogens is 412 g/mol. The Labute approximate surface area is 183 Å². The standard InChI is InChI=1S/C24H22N2O6/c1-26(2)7-8-28-22-14-4-6-17-23(32-12-30-17)20(14)19(15-10-25-24(27)21(15)22)13-3-5-16-18(9-13)31-11-29-16/h3-6,9-10,25,27H,7-8,11-12H2,1-2H3. The molecule has 0 fully saturated rings. The average Bonchev–Trinajstić information content (AvgIpc) is 3.52. The van der Waals surface area contributed by atoms with Gasteiger partial charge in [0.25, 0.3) is 0 Å². The third-order valence-electron chi connectivity index (χ3n) is 5.84. The fourth-order valence-corrected chi connectivity index (χ4v) is 4.35. The van der Waals surface area contributed by atoms with Crippen molar-refractivity contribution in [3.8, 4) is 45.8 Å². The van der Waals surface area contributed by atoms with Gasteiger partial charge in [0.05, 0.1) is 5.39 Å². The van der Waals surface area contributed by atoms with E-state index in [9.17, 15) is 5.11 Å². The molecule has 3 aromatic carbocycles. The molecule has 8 heteroatoms. The van der Waals surface area contributed by atoms with E-state index in [2.05, 4.69) is 4.98 Å². The summed E-state index contributed by atoms with van der Waals surface area (Å²) >= 11 is 0. The van der Waals surface area contributed by atoms with Gasteiger partial charge in [-0.15, -0.1) is 0 Å². The zero-order chi connectivity index (χ0) is 21.8. The van der Waals surface area contributed by atoms with Crippen molar-refractivity contribution in [2.45, 2.75) is 0 Å². The number of aromatic hydroxyl groups is 1. The molecule has 0 radical (unpaired) electrons. The fourth-order valence-electron chi connectivity index (χ4n) is 4.35. The fraction of sp³-hybridized carbons (Fsp3) is 0.250. The Morgan fingerprint density at radius 3 is 2.59 bits per heavy atom. The lowest BCUT2D eigenvalue weighted by atomic mass is 9.92. The maximum absolute atomic E-state index is 10.7. The van der Waals surface area contributed by atoms with Crippen molar-refractivity contribution >= 4 is 21.5 Å². The highest BCUT2D eigenvalue weighted by Crippen LogP contribution is 2.53. The number of nitrogens with zero attached hydrogens (tertiary/aromatic N) is 1. The normalized spacial score (nSPS) is 14.1. The van der Waals surface area contributed by atoms with Gasteiger partial charge >= 0.3 is 0 Å². The molecule has 32 heavy (non-hydrogen) atoms. The molecule has 0 aliphatic carbocycles. The first-order chi connectivity index (χ1) is 15.6. The Morgan fingerprint density at radius 2 is 1.72 bits per heavy atom. The van der Waals surface area contributed by atoms with Crippen LogP contribution in [0.3, 0.4) is 0 Å². The molecule has 0 unspecified atom stereocenters. The summed E-state index contributed by atoms with van der Waals surface area (Å²) in [6.45, 7) is 1.56. The molecule has 2 aliphatic rings. The predicted octanol–water partition coefficient (Wildman–Crippen LogP) is 4.09. The molecule has 0 atom stereocenters. The zero-order valence-electron chi connectivity index (χ0n) is 17.7. The van der Waals surface area contributed by atoms with Crippen LogP contribution in [0.1, 0.15) is 0 Å². The van der Waals surface area contributed by atoms with Gasteiger partial charge in [-0.2, -0.15) is 0 Å². The quantitative estimate of drug-likeness (QED) is 0.489. The number of H-pyrrole nitrogens is 1. The van der Waals surface area contributed by atoms with Crippen molar-refractivity contribution in [2.24, 2.45) is 0 Å². The summed E-state index contributed by atoms with van der Waals surface area (Å²) in [7, 11) is 3.98.